The van der Waals surface area contributed by atoms with Gasteiger partial charge in [0.05, 0.1) is 5.70 Å². The van der Waals surface area contributed by atoms with Crippen molar-refractivity contribution in [1.29, 1.82) is 0 Å². The lowest BCUT2D eigenvalue weighted by molar-refractivity contribution is 0.191. The summed E-state index contributed by atoms with van der Waals surface area (Å²) in [6.07, 6.45) is 6.55. The Labute approximate surface area is 137 Å². The van der Waals surface area contributed by atoms with E-state index in [-0.39, 0.29) is 6.17 Å². The number of hydrogen-bond acceptors (Lipinski definition) is 4. The molecule has 1 unspecified atom stereocenters. The molecule has 0 aromatic heterocycles. The predicted molar refractivity (Wildman–Crippen MR) is 91.4 cm³/mol. The number of alkyl halides is 1. The molecule has 2 heterocycles. The summed E-state index contributed by atoms with van der Waals surface area (Å²) in [5.74, 6) is 2.62. The van der Waals surface area contributed by atoms with E-state index in [9.17, 15) is 0 Å². The molecule has 4 rings (SSSR count). The van der Waals surface area contributed by atoms with Crippen molar-refractivity contribution in [3.8, 4) is 0 Å². The first-order valence-corrected chi connectivity index (χ1v) is 8.69. The average molecular weight is 393 g/mol. The molecule has 0 radical (unpaired) electrons. The lowest BCUT2D eigenvalue weighted by Crippen LogP contribution is -2.42. The van der Waals surface area contributed by atoms with E-state index in [2.05, 4.69) is 63.4 Å². The third-order valence-electron chi connectivity index (χ3n) is 3.92. The van der Waals surface area contributed by atoms with Crippen LogP contribution >= 0.6 is 22.6 Å². The van der Waals surface area contributed by atoms with Crippen LogP contribution < -0.4 is 5.43 Å². The van der Waals surface area contributed by atoms with Gasteiger partial charge < -0.3 is 4.74 Å². The van der Waals surface area contributed by atoms with Gasteiger partial charge in [-0.25, -0.2) is 4.99 Å². The number of nitrogens with one attached hydrogen (secondary N) is 1. The lowest BCUT2D eigenvalue weighted by Gasteiger charge is -2.31. The van der Waals surface area contributed by atoms with Crippen LogP contribution in [-0.4, -0.2) is 21.6 Å². The molecule has 1 saturated carbocycles. The first-order chi connectivity index (χ1) is 10.4. The van der Waals surface area contributed by atoms with E-state index in [4.69, 9.17) is 9.73 Å². The fraction of sp³-hybridized carbons (Fsp3) is 0.312. The number of hydrazine groups is 1. The Hall–Kier alpha value is -1.50. The standard InChI is InChI=1S/C16H16IN3O/c17-10-21-14-9-8-13(11-4-2-1-3-5-11)20-16(14)18-15(19-20)12-6-7-12/h1-5,8-9,12,16H,6-7,10H2,(H,18,19). The number of aliphatic imine (C=N–C) groups is 1. The van der Waals surface area contributed by atoms with Crippen molar-refractivity contribution in [3.63, 3.8) is 0 Å². The first-order valence-electron chi connectivity index (χ1n) is 7.16. The van der Waals surface area contributed by atoms with Crippen molar-refractivity contribution < 1.29 is 4.74 Å². The number of halogens is 1. The van der Waals surface area contributed by atoms with Crippen molar-refractivity contribution in [2.45, 2.75) is 19.0 Å². The summed E-state index contributed by atoms with van der Waals surface area (Å²) in [7, 11) is 0. The fourth-order valence-corrected chi connectivity index (χ4v) is 3.06. The third kappa shape index (κ3) is 2.43. The second-order valence-corrected chi connectivity index (χ2v) is 6.01. The molecule has 1 aromatic rings. The number of amidine groups is 1. The molecule has 0 saturated heterocycles. The Morgan fingerprint density at radius 2 is 2.05 bits per heavy atom. The highest BCUT2D eigenvalue weighted by Crippen LogP contribution is 2.37. The summed E-state index contributed by atoms with van der Waals surface area (Å²) in [5.41, 5.74) is 5.81. The van der Waals surface area contributed by atoms with Crippen LogP contribution in [0.5, 0.6) is 0 Å². The molecule has 1 fully saturated rings. The second kappa shape index (κ2) is 5.36. The molecular formula is C16H16IN3O. The largest absolute Gasteiger partial charge is 0.483 e. The van der Waals surface area contributed by atoms with Crippen LogP contribution in [0.25, 0.3) is 5.70 Å². The smallest absolute Gasteiger partial charge is 0.198 e. The molecule has 2 aliphatic heterocycles. The molecule has 3 aliphatic rings. The minimum Gasteiger partial charge on any atom is -0.483 e. The normalized spacial score (nSPS) is 23.8. The quantitative estimate of drug-likeness (QED) is 0.630. The van der Waals surface area contributed by atoms with E-state index < -0.39 is 0 Å². The SMILES string of the molecule is ICOC1=CC=C(c2ccccc2)N2NC(C3CC3)=NC12. The highest BCUT2D eigenvalue weighted by atomic mass is 127. The Morgan fingerprint density at radius 1 is 1.24 bits per heavy atom. The van der Waals surface area contributed by atoms with E-state index in [1.165, 1.54) is 18.4 Å². The number of fused-ring (bicyclic) bond motifs is 1. The van der Waals surface area contributed by atoms with E-state index >= 15 is 0 Å². The first kappa shape index (κ1) is 13.2. The zero-order valence-electron chi connectivity index (χ0n) is 11.5. The highest BCUT2D eigenvalue weighted by molar-refractivity contribution is 14.1. The van der Waals surface area contributed by atoms with Gasteiger partial charge >= 0.3 is 0 Å². The summed E-state index contributed by atoms with van der Waals surface area (Å²) in [4.78, 5) is 4.84. The molecule has 0 spiro atoms. The fourth-order valence-electron chi connectivity index (χ4n) is 2.70. The molecule has 1 aromatic carbocycles. The van der Waals surface area contributed by atoms with Gasteiger partial charge in [-0.15, -0.1) is 0 Å². The molecule has 0 amide bonds. The van der Waals surface area contributed by atoms with Crippen LogP contribution in [0.1, 0.15) is 18.4 Å². The summed E-state index contributed by atoms with van der Waals surface area (Å²) in [5, 5.41) is 2.13. The second-order valence-electron chi connectivity index (χ2n) is 5.38. The topological polar surface area (TPSA) is 36.9 Å². The monoisotopic (exact) mass is 393 g/mol. The summed E-state index contributed by atoms with van der Waals surface area (Å²) >= 11 is 2.22. The van der Waals surface area contributed by atoms with Gasteiger partial charge in [0.15, 0.2) is 6.17 Å². The van der Waals surface area contributed by atoms with Gasteiger partial charge in [0.2, 0.25) is 0 Å². The molecular weight excluding hydrogens is 377 g/mol. The summed E-state index contributed by atoms with van der Waals surface area (Å²) in [6.45, 7) is 0. The molecule has 5 heteroatoms. The highest BCUT2D eigenvalue weighted by Gasteiger charge is 2.39. The maximum absolute atomic E-state index is 5.74. The number of hydrogen-bond donors (Lipinski definition) is 1. The number of nitrogens with zero attached hydrogens (tertiary/aromatic N) is 2. The summed E-state index contributed by atoms with van der Waals surface area (Å²) < 4.78 is 6.38. The minimum atomic E-state index is -0.0735. The zero-order valence-corrected chi connectivity index (χ0v) is 13.7. The van der Waals surface area contributed by atoms with Crippen molar-refractivity contribution >= 4 is 34.1 Å². The Kier molecular flexibility index (Phi) is 3.37. The Morgan fingerprint density at radius 3 is 2.76 bits per heavy atom. The Bertz CT molecular complexity index is 634. The number of ether oxygens (including phenoxy) is 1. The number of benzene rings is 1. The van der Waals surface area contributed by atoms with Crippen LogP contribution in [0.2, 0.25) is 0 Å². The van der Waals surface area contributed by atoms with Gasteiger partial charge in [-0.3, -0.25) is 10.4 Å². The van der Waals surface area contributed by atoms with Crippen LogP contribution in [0.15, 0.2) is 53.2 Å². The molecule has 4 nitrogen and oxygen atoms in total. The van der Waals surface area contributed by atoms with Crippen molar-refractivity contribution in [1.82, 2.24) is 10.4 Å². The lowest BCUT2D eigenvalue weighted by atomic mass is 10.1. The van der Waals surface area contributed by atoms with Gasteiger partial charge in [0.1, 0.15) is 16.2 Å². The van der Waals surface area contributed by atoms with E-state index in [0.717, 1.165) is 17.3 Å². The molecule has 108 valence electrons. The zero-order chi connectivity index (χ0) is 14.2. The Balaban J connectivity index is 1.70. The molecule has 1 atom stereocenters. The van der Waals surface area contributed by atoms with Crippen molar-refractivity contribution in [3.05, 3.63) is 53.8 Å². The van der Waals surface area contributed by atoms with E-state index in [1.807, 2.05) is 12.1 Å². The van der Waals surface area contributed by atoms with Crippen molar-refractivity contribution in [2.24, 2.45) is 10.9 Å². The molecule has 21 heavy (non-hydrogen) atoms. The third-order valence-corrected chi connectivity index (χ3v) is 4.23. The van der Waals surface area contributed by atoms with Gasteiger partial charge in [-0.05, 0) is 53.1 Å². The minimum absolute atomic E-state index is 0.0735. The van der Waals surface area contributed by atoms with Gasteiger partial charge in [-0.1, -0.05) is 30.3 Å². The van der Waals surface area contributed by atoms with Crippen LogP contribution in [0.3, 0.4) is 0 Å². The van der Waals surface area contributed by atoms with Gasteiger partial charge in [0.25, 0.3) is 0 Å². The molecule has 1 N–H and O–H groups in total. The predicted octanol–water partition coefficient (Wildman–Crippen LogP) is 3.29. The number of rotatable bonds is 4. The van der Waals surface area contributed by atoms with E-state index in [0.29, 0.717) is 10.5 Å². The van der Waals surface area contributed by atoms with E-state index in [1.54, 1.807) is 0 Å². The number of allylic oxidation sites excluding steroid dienone is 2. The maximum atomic E-state index is 5.74. The van der Waals surface area contributed by atoms with Gasteiger partial charge in [-0.2, -0.15) is 0 Å². The molecule has 1 aliphatic carbocycles. The van der Waals surface area contributed by atoms with Crippen molar-refractivity contribution in [2.75, 3.05) is 4.61 Å². The average Bonchev–Trinajstić information content (AvgIpc) is 3.28. The van der Waals surface area contributed by atoms with Crippen LogP contribution in [0, 0.1) is 5.92 Å². The van der Waals surface area contributed by atoms with Crippen LogP contribution in [0.4, 0.5) is 0 Å². The maximum Gasteiger partial charge on any atom is 0.198 e. The summed E-state index contributed by atoms with van der Waals surface area (Å²) in [6, 6.07) is 10.4. The van der Waals surface area contributed by atoms with Gasteiger partial charge in [0, 0.05) is 5.92 Å². The van der Waals surface area contributed by atoms with Crippen LogP contribution in [-0.2, 0) is 4.74 Å². The molecule has 0 bridgehead atoms.